The Balaban J connectivity index is 1.92. The maximum absolute atomic E-state index is 5.18. The molecule has 3 rings (SSSR count). The van der Waals surface area contributed by atoms with E-state index in [0.29, 0.717) is 5.82 Å². The molecule has 2 aromatic carbocycles. The monoisotopic (exact) mass is 291 g/mol. The van der Waals surface area contributed by atoms with Crippen LogP contribution in [0.3, 0.4) is 0 Å². The minimum Gasteiger partial charge on any atom is -0.497 e. The van der Waals surface area contributed by atoms with Crippen LogP contribution in [-0.4, -0.2) is 17.1 Å². The summed E-state index contributed by atoms with van der Waals surface area (Å²) in [5.74, 6) is 2.30. The molecule has 0 aliphatic heterocycles. The standard InChI is InChI=1S/C18H17N3O/c1-13-12-17(20-15-6-4-3-5-7-15)21-18(19-13)14-8-10-16(22-2)11-9-14/h3-12H,1-2H3,(H,19,20,21). The number of methoxy groups -OCH3 is 1. The highest BCUT2D eigenvalue weighted by atomic mass is 16.5. The van der Waals surface area contributed by atoms with Gasteiger partial charge < -0.3 is 10.1 Å². The Morgan fingerprint density at radius 3 is 2.32 bits per heavy atom. The lowest BCUT2D eigenvalue weighted by Crippen LogP contribution is -1.99. The molecule has 0 fully saturated rings. The Bertz CT molecular complexity index is 755. The number of hydrogen-bond donors (Lipinski definition) is 1. The van der Waals surface area contributed by atoms with Gasteiger partial charge in [0.25, 0.3) is 0 Å². The lowest BCUT2D eigenvalue weighted by Gasteiger charge is -2.09. The van der Waals surface area contributed by atoms with Crippen molar-refractivity contribution in [2.45, 2.75) is 6.92 Å². The van der Waals surface area contributed by atoms with Gasteiger partial charge in [0.05, 0.1) is 7.11 Å². The predicted molar refractivity (Wildman–Crippen MR) is 88.5 cm³/mol. The lowest BCUT2D eigenvalue weighted by molar-refractivity contribution is 0.415. The number of anilines is 2. The van der Waals surface area contributed by atoms with Gasteiger partial charge in [-0.25, -0.2) is 9.97 Å². The fraction of sp³-hybridized carbons (Fsp3) is 0.111. The SMILES string of the molecule is COc1ccc(-c2nc(C)cc(Nc3ccccc3)n2)cc1. The molecule has 3 aromatic rings. The second-order valence-corrected chi connectivity index (χ2v) is 4.94. The Morgan fingerprint density at radius 1 is 0.909 bits per heavy atom. The molecule has 0 atom stereocenters. The Kier molecular flexibility index (Phi) is 4.01. The van der Waals surface area contributed by atoms with Crippen molar-refractivity contribution in [2.24, 2.45) is 0 Å². The van der Waals surface area contributed by atoms with Crippen LogP contribution in [-0.2, 0) is 0 Å². The summed E-state index contributed by atoms with van der Waals surface area (Å²) in [4.78, 5) is 9.10. The topological polar surface area (TPSA) is 47.0 Å². The van der Waals surface area contributed by atoms with Gasteiger partial charge in [0, 0.05) is 23.0 Å². The number of aromatic nitrogens is 2. The summed E-state index contributed by atoms with van der Waals surface area (Å²) in [5, 5.41) is 3.30. The number of nitrogens with one attached hydrogen (secondary N) is 1. The van der Waals surface area contributed by atoms with Crippen LogP contribution < -0.4 is 10.1 Å². The average molecular weight is 291 g/mol. The fourth-order valence-corrected chi connectivity index (χ4v) is 2.17. The molecule has 1 N–H and O–H groups in total. The third-order valence-corrected chi connectivity index (χ3v) is 3.25. The normalized spacial score (nSPS) is 10.3. The first-order chi connectivity index (χ1) is 10.7. The molecule has 1 aromatic heterocycles. The van der Waals surface area contributed by atoms with Crippen LogP contribution in [0, 0.1) is 6.92 Å². The fourth-order valence-electron chi connectivity index (χ4n) is 2.17. The van der Waals surface area contributed by atoms with Crippen molar-refractivity contribution in [3.05, 3.63) is 66.4 Å². The highest BCUT2D eigenvalue weighted by Gasteiger charge is 2.06. The van der Waals surface area contributed by atoms with Gasteiger partial charge in [-0.05, 0) is 43.3 Å². The van der Waals surface area contributed by atoms with Gasteiger partial charge in [-0.2, -0.15) is 0 Å². The molecule has 0 saturated heterocycles. The average Bonchev–Trinajstić information content (AvgIpc) is 2.55. The van der Waals surface area contributed by atoms with E-state index in [1.165, 1.54) is 0 Å². The molecule has 4 heteroatoms. The van der Waals surface area contributed by atoms with E-state index in [4.69, 9.17) is 4.74 Å². The molecule has 110 valence electrons. The summed E-state index contributed by atoms with van der Waals surface area (Å²) in [7, 11) is 1.65. The summed E-state index contributed by atoms with van der Waals surface area (Å²) in [6, 6.07) is 19.6. The van der Waals surface area contributed by atoms with Crippen molar-refractivity contribution in [1.82, 2.24) is 9.97 Å². The smallest absolute Gasteiger partial charge is 0.161 e. The van der Waals surface area contributed by atoms with E-state index in [-0.39, 0.29) is 0 Å². The van der Waals surface area contributed by atoms with Crippen molar-refractivity contribution >= 4 is 11.5 Å². The molecule has 1 heterocycles. The molecule has 0 spiro atoms. The number of rotatable bonds is 4. The molecule has 0 aliphatic rings. The third kappa shape index (κ3) is 3.23. The number of benzene rings is 2. The van der Waals surface area contributed by atoms with Gasteiger partial charge in [0.15, 0.2) is 5.82 Å². The van der Waals surface area contributed by atoms with Crippen molar-refractivity contribution < 1.29 is 4.74 Å². The first-order valence-electron chi connectivity index (χ1n) is 7.07. The molecule has 0 saturated carbocycles. The third-order valence-electron chi connectivity index (χ3n) is 3.25. The van der Waals surface area contributed by atoms with Crippen LogP contribution in [0.4, 0.5) is 11.5 Å². The van der Waals surface area contributed by atoms with Crippen molar-refractivity contribution in [2.75, 3.05) is 12.4 Å². The van der Waals surface area contributed by atoms with Crippen LogP contribution in [0.2, 0.25) is 0 Å². The second kappa shape index (κ2) is 6.26. The van der Waals surface area contributed by atoms with E-state index in [1.54, 1.807) is 7.11 Å². The van der Waals surface area contributed by atoms with Gasteiger partial charge in [-0.1, -0.05) is 18.2 Å². The zero-order valence-corrected chi connectivity index (χ0v) is 12.6. The van der Waals surface area contributed by atoms with Crippen LogP contribution >= 0.6 is 0 Å². The van der Waals surface area contributed by atoms with E-state index in [9.17, 15) is 0 Å². The molecule has 0 aliphatic carbocycles. The van der Waals surface area contributed by atoms with Crippen molar-refractivity contribution in [3.8, 4) is 17.1 Å². The highest BCUT2D eigenvalue weighted by molar-refractivity contribution is 5.62. The van der Waals surface area contributed by atoms with Gasteiger partial charge in [0.1, 0.15) is 11.6 Å². The molecule has 0 radical (unpaired) electrons. The summed E-state index contributed by atoms with van der Waals surface area (Å²) >= 11 is 0. The number of nitrogens with zero attached hydrogens (tertiary/aromatic N) is 2. The number of hydrogen-bond acceptors (Lipinski definition) is 4. The summed E-state index contributed by atoms with van der Waals surface area (Å²) in [6.07, 6.45) is 0. The molecule has 0 unspecified atom stereocenters. The first-order valence-corrected chi connectivity index (χ1v) is 7.07. The Labute approximate surface area is 129 Å². The summed E-state index contributed by atoms with van der Waals surface area (Å²) in [5.41, 5.74) is 2.88. The Morgan fingerprint density at radius 2 is 1.64 bits per heavy atom. The Hall–Kier alpha value is -2.88. The highest BCUT2D eigenvalue weighted by Crippen LogP contribution is 2.22. The van der Waals surface area contributed by atoms with E-state index in [1.807, 2.05) is 67.6 Å². The zero-order chi connectivity index (χ0) is 15.4. The van der Waals surface area contributed by atoms with Crippen molar-refractivity contribution in [1.29, 1.82) is 0 Å². The minimum absolute atomic E-state index is 0.695. The van der Waals surface area contributed by atoms with E-state index in [2.05, 4.69) is 15.3 Å². The van der Waals surface area contributed by atoms with Gasteiger partial charge in [0.2, 0.25) is 0 Å². The first kappa shape index (κ1) is 14.1. The predicted octanol–water partition coefficient (Wildman–Crippen LogP) is 4.20. The number of ether oxygens (including phenoxy) is 1. The van der Waals surface area contributed by atoms with Gasteiger partial charge in [-0.15, -0.1) is 0 Å². The molecule has 0 bridgehead atoms. The van der Waals surface area contributed by atoms with Gasteiger partial charge >= 0.3 is 0 Å². The summed E-state index contributed by atoms with van der Waals surface area (Å²) in [6.45, 7) is 1.96. The summed E-state index contributed by atoms with van der Waals surface area (Å²) < 4.78 is 5.18. The van der Waals surface area contributed by atoms with Gasteiger partial charge in [-0.3, -0.25) is 0 Å². The van der Waals surface area contributed by atoms with E-state index >= 15 is 0 Å². The quantitative estimate of drug-likeness (QED) is 0.782. The molecule has 0 amide bonds. The van der Waals surface area contributed by atoms with E-state index in [0.717, 1.165) is 28.5 Å². The maximum Gasteiger partial charge on any atom is 0.161 e. The minimum atomic E-state index is 0.695. The van der Waals surface area contributed by atoms with E-state index < -0.39 is 0 Å². The van der Waals surface area contributed by atoms with Crippen LogP contribution in [0.15, 0.2) is 60.7 Å². The number of aryl methyl sites for hydroxylation is 1. The number of para-hydroxylation sites is 1. The van der Waals surface area contributed by atoms with Crippen LogP contribution in [0.5, 0.6) is 5.75 Å². The second-order valence-electron chi connectivity index (χ2n) is 4.94. The van der Waals surface area contributed by atoms with Crippen LogP contribution in [0.25, 0.3) is 11.4 Å². The van der Waals surface area contributed by atoms with Crippen LogP contribution in [0.1, 0.15) is 5.69 Å². The van der Waals surface area contributed by atoms with Crippen molar-refractivity contribution in [3.63, 3.8) is 0 Å². The largest absolute Gasteiger partial charge is 0.497 e. The molecule has 22 heavy (non-hydrogen) atoms. The molecular formula is C18H17N3O. The lowest BCUT2D eigenvalue weighted by atomic mass is 10.2. The molecule has 4 nitrogen and oxygen atoms in total. The maximum atomic E-state index is 5.18. The molecular weight excluding hydrogens is 274 g/mol. The zero-order valence-electron chi connectivity index (χ0n) is 12.6.